The first-order valence-electron chi connectivity index (χ1n) is 7.10. The minimum atomic E-state index is -0.135. The van der Waals surface area contributed by atoms with Crippen molar-refractivity contribution in [2.45, 2.75) is 19.9 Å². The number of aromatic nitrogens is 1. The van der Waals surface area contributed by atoms with Gasteiger partial charge in [-0.05, 0) is 37.4 Å². The Morgan fingerprint density at radius 1 is 1.32 bits per heavy atom. The zero-order valence-electron chi connectivity index (χ0n) is 12.8. The lowest BCUT2D eigenvalue weighted by molar-refractivity contribution is 0.0935. The summed E-state index contributed by atoms with van der Waals surface area (Å²) in [5, 5.41) is 6.09. The number of hydrogen-bond acceptors (Lipinski definition) is 3. The molecule has 0 aliphatic rings. The van der Waals surface area contributed by atoms with Gasteiger partial charge in [0.25, 0.3) is 5.91 Å². The molecule has 3 aromatic rings. The number of aryl methyl sites for hydroxylation is 1. The monoisotopic (exact) mass is 314 g/mol. The van der Waals surface area contributed by atoms with Crippen molar-refractivity contribution in [1.82, 2.24) is 10.3 Å². The first kappa shape index (κ1) is 14.7. The third-order valence-corrected chi connectivity index (χ3v) is 4.53. The molecule has 4 nitrogen and oxygen atoms in total. The van der Waals surface area contributed by atoms with E-state index >= 15 is 0 Å². The van der Waals surface area contributed by atoms with Gasteiger partial charge in [-0.2, -0.15) is 0 Å². The van der Waals surface area contributed by atoms with E-state index in [0.717, 1.165) is 27.1 Å². The largest absolute Gasteiger partial charge is 0.496 e. The lowest BCUT2D eigenvalue weighted by atomic mass is 10.0. The summed E-state index contributed by atoms with van der Waals surface area (Å²) in [7, 11) is 1.64. The summed E-state index contributed by atoms with van der Waals surface area (Å²) in [6.45, 7) is 3.98. The van der Waals surface area contributed by atoms with Gasteiger partial charge in [-0.1, -0.05) is 17.7 Å². The van der Waals surface area contributed by atoms with Crippen molar-refractivity contribution in [3.8, 4) is 5.75 Å². The average molecular weight is 314 g/mol. The van der Waals surface area contributed by atoms with Crippen molar-refractivity contribution >= 4 is 27.5 Å². The Kier molecular flexibility index (Phi) is 3.90. The van der Waals surface area contributed by atoms with Crippen molar-refractivity contribution in [1.29, 1.82) is 0 Å². The molecule has 0 aliphatic heterocycles. The van der Waals surface area contributed by atoms with Gasteiger partial charge in [-0.15, -0.1) is 11.3 Å². The second kappa shape index (κ2) is 5.85. The lowest BCUT2D eigenvalue weighted by Gasteiger charge is -2.17. The van der Waals surface area contributed by atoms with E-state index < -0.39 is 0 Å². The number of hydrogen-bond donors (Lipinski definition) is 2. The van der Waals surface area contributed by atoms with E-state index in [9.17, 15) is 4.79 Å². The standard InChI is InChI=1S/C17H18N2O2S/c1-10-4-5-15(21-3)13(8-10)11(2)18-16(20)14-9-12-6-7-22-17(12)19-14/h4-9,11,19H,1-3H3,(H,18,20). The van der Waals surface area contributed by atoms with E-state index in [4.69, 9.17) is 4.74 Å². The zero-order valence-corrected chi connectivity index (χ0v) is 13.6. The molecule has 3 rings (SSSR count). The molecule has 2 heterocycles. The summed E-state index contributed by atoms with van der Waals surface area (Å²) in [5.41, 5.74) is 2.70. The van der Waals surface area contributed by atoms with Crippen LogP contribution >= 0.6 is 11.3 Å². The highest BCUT2D eigenvalue weighted by Crippen LogP contribution is 2.27. The van der Waals surface area contributed by atoms with Gasteiger partial charge in [0.05, 0.1) is 13.2 Å². The molecule has 114 valence electrons. The third-order valence-electron chi connectivity index (χ3n) is 3.69. The van der Waals surface area contributed by atoms with Gasteiger partial charge in [0.2, 0.25) is 0 Å². The van der Waals surface area contributed by atoms with E-state index in [1.807, 2.05) is 49.6 Å². The number of carbonyl (C=O) groups excluding carboxylic acids is 1. The van der Waals surface area contributed by atoms with E-state index in [1.165, 1.54) is 0 Å². The molecule has 0 radical (unpaired) electrons. The molecule has 1 amide bonds. The number of thiophene rings is 1. The normalized spacial score (nSPS) is 12.3. The SMILES string of the molecule is COc1ccc(C)cc1C(C)NC(=O)c1cc2ccsc2[nH]1. The minimum absolute atomic E-state index is 0.112. The summed E-state index contributed by atoms with van der Waals surface area (Å²) in [6.07, 6.45) is 0. The molecular weight excluding hydrogens is 296 g/mol. The van der Waals surface area contributed by atoms with Crippen LogP contribution in [0.1, 0.15) is 34.6 Å². The number of rotatable bonds is 4. The average Bonchev–Trinajstić information content (AvgIpc) is 3.08. The highest BCUT2D eigenvalue weighted by atomic mass is 32.1. The quantitative estimate of drug-likeness (QED) is 0.763. The van der Waals surface area contributed by atoms with Gasteiger partial charge < -0.3 is 15.0 Å². The van der Waals surface area contributed by atoms with Crippen LogP contribution in [0, 0.1) is 6.92 Å². The molecular formula is C17H18N2O2S. The van der Waals surface area contributed by atoms with Crippen molar-refractivity contribution in [3.05, 3.63) is 52.5 Å². The number of ether oxygens (including phenoxy) is 1. The maximum absolute atomic E-state index is 12.4. The predicted octanol–water partition coefficient (Wildman–Crippen LogP) is 4.04. The van der Waals surface area contributed by atoms with E-state index in [2.05, 4.69) is 10.3 Å². The number of carbonyl (C=O) groups is 1. The summed E-state index contributed by atoms with van der Waals surface area (Å²) in [4.78, 5) is 16.6. The minimum Gasteiger partial charge on any atom is -0.496 e. The molecule has 2 aromatic heterocycles. The highest BCUT2D eigenvalue weighted by Gasteiger charge is 2.17. The highest BCUT2D eigenvalue weighted by molar-refractivity contribution is 7.16. The van der Waals surface area contributed by atoms with Crippen molar-refractivity contribution < 1.29 is 9.53 Å². The van der Waals surface area contributed by atoms with Gasteiger partial charge >= 0.3 is 0 Å². The van der Waals surface area contributed by atoms with Crippen LogP contribution in [0.3, 0.4) is 0 Å². The Morgan fingerprint density at radius 3 is 2.86 bits per heavy atom. The van der Waals surface area contributed by atoms with Crippen molar-refractivity contribution in [2.24, 2.45) is 0 Å². The molecule has 0 saturated heterocycles. The molecule has 1 unspecified atom stereocenters. The molecule has 1 atom stereocenters. The van der Waals surface area contributed by atoms with Gasteiger partial charge in [0, 0.05) is 10.9 Å². The van der Waals surface area contributed by atoms with Crippen LogP contribution in [-0.4, -0.2) is 18.0 Å². The fourth-order valence-electron chi connectivity index (χ4n) is 2.51. The van der Waals surface area contributed by atoms with Gasteiger partial charge in [-0.25, -0.2) is 0 Å². The Hall–Kier alpha value is -2.27. The van der Waals surface area contributed by atoms with Crippen LogP contribution < -0.4 is 10.1 Å². The maximum atomic E-state index is 12.4. The molecule has 0 saturated carbocycles. The molecule has 1 aromatic carbocycles. The third kappa shape index (κ3) is 2.72. The number of amides is 1. The number of nitrogens with one attached hydrogen (secondary N) is 2. The lowest BCUT2D eigenvalue weighted by Crippen LogP contribution is -2.27. The topological polar surface area (TPSA) is 54.1 Å². The molecule has 0 bridgehead atoms. The van der Waals surface area contributed by atoms with E-state index in [0.29, 0.717) is 5.69 Å². The molecule has 22 heavy (non-hydrogen) atoms. The van der Waals surface area contributed by atoms with Gasteiger partial charge in [0.15, 0.2) is 0 Å². The van der Waals surface area contributed by atoms with Crippen LogP contribution in [-0.2, 0) is 0 Å². The molecule has 5 heteroatoms. The molecule has 0 spiro atoms. The first-order chi connectivity index (χ1) is 10.6. The van der Waals surface area contributed by atoms with Crippen LogP contribution in [0.5, 0.6) is 5.75 Å². The Labute approximate surface area is 133 Å². The molecule has 0 fully saturated rings. The summed E-state index contributed by atoms with van der Waals surface area (Å²) < 4.78 is 5.39. The summed E-state index contributed by atoms with van der Waals surface area (Å²) in [6, 6.07) is 9.70. The van der Waals surface area contributed by atoms with Crippen LogP contribution in [0.15, 0.2) is 35.7 Å². The summed E-state index contributed by atoms with van der Waals surface area (Å²) >= 11 is 1.59. The second-order valence-electron chi connectivity index (χ2n) is 5.33. The zero-order chi connectivity index (χ0) is 15.7. The van der Waals surface area contributed by atoms with E-state index in [-0.39, 0.29) is 11.9 Å². The number of H-pyrrole nitrogens is 1. The number of methoxy groups -OCH3 is 1. The van der Waals surface area contributed by atoms with Crippen LogP contribution in [0.25, 0.3) is 10.2 Å². The maximum Gasteiger partial charge on any atom is 0.268 e. The Balaban J connectivity index is 1.81. The van der Waals surface area contributed by atoms with E-state index in [1.54, 1.807) is 18.4 Å². The smallest absolute Gasteiger partial charge is 0.268 e. The van der Waals surface area contributed by atoms with Crippen LogP contribution in [0.4, 0.5) is 0 Å². The number of aromatic amines is 1. The fourth-order valence-corrected chi connectivity index (χ4v) is 3.30. The fraction of sp³-hybridized carbons (Fsp3) is 0.235. The second-order valence-corrected chi connectivity index (χ2v) is 6.24. The molecule has 2 N–H and O–H groups in total. The van der Waals surface area contributed by atoms with Gasteiger partial charge in [-0.3, -0.25) is 4.79 Å². The van der Waals surface area contributed by atoms with Crippen molar-refractivity contribution in [2.75, 3.05) is 7.11 Å². The number of benzene rings is 1. The Bertz CT molecular complexity index is 791. The number of fused-ring (bicyclic) bond motifs is 1. The van der Waals surface area contributed by atoms with Crippen LogP contribution in [0.2, 0.25) is 0 Å². The first-order valence-corrected chi connectivity index (χ1v) is 7.98. The molecule has 0 aliphatic carbocycles. The summed E-state index contributed by atoms with van der Waals surface area (Å²) in [5.74, 6) is 0.672. The van der Waals surface area contributed by atoms with Gasteiger partial charge in [0.1, 0.15) is 16.3 Å². The Morgan fingerprint density at radius 2 is 2.14 bits per heavy atom. The predicted molar refractivity (Wildman–Crippen MR) is 89.8 cm³/mol. The van der Waals surface area contributed by atoms with Crippen molar-refractivity contribution in [3.63, 3.8) is 0 Å².